The molecule has 5 heteroatoms. The van der Waals surface area contributed by atoms with Crippen LogP contribution in [-0.2, 0) is 4.79 Å². The van der Waals surface area contributed by atoms with E-state index in [-0.39, 0.29) is 28.9 Å². The summed E-state index contributed by atoms with van der Waals surface area (Å²) < 4.78 is 19.4. The van der Waals surface area contributed by atoms with E-state index in [4.69, 9.17) is 4.74 Å². The van der Waals surface area contributed by atoms with Crippen molar-refractivity contribution in [3.63, 3.8) is 0 Å². The van der Waals surface area contributed by atoms with E-state index >= 15 is 0 Å². The molecule has 1 N–H and O–H groups in total. The summed E-state index contributed by atoms with van der Waals surface area (Å²) in [6.45, 7) is 8.00. The van der Waals surface area contributed by atoms with Gasteiger partial charge in [-0.15, -0.1) is 0 Å². The number of halogens is 1. The first-order valence-corrected chi connectivity index (χ1v) is 7.90. The second-order valence-electron chi connectivity index (χ2n) is 5.59. The Kier molecular flexibility index (Phi) is 7.62. The second kappa shape index (κ2) is 8.96. The van der Waals surface area contributed by atoms with Crippen molar-refractivity contribution in [3.8, 4) is 5.75 Å². The SMILES string of the molecule is CC(S)NC[C@@H](C)Oc1cc(/C=C/C(=O)C(C)C)ccc1F. The zero-order chi connectivity index (χ0) is 16.7. The molecule has 122 valence electrons. The Morgan fingerprint density at radius 1 is 1.36 bits per heavy atom. The van der Waals surface area contributed by atoms with Crippen LogP contribution in [-0.4, -0.2) is 23.8 Å². The summed E-state index contributed by atoms with van der Waals surface area (Å²) in [7, 11) is 0. The van der Waals surface area contributed by atoms with Gasteiger partial charge >= 0.3 is 0 Å². The van der Waals surface area contributed by atoms with Gasteiger partial charge in [-0.2, -0.15) is 12.6 Å². The number of nitrogens with one attached hydrogen (secondary N) is 1. The molecule has 0 aliphatic heterocycles. The molecule has 1 unspecified atom stereocenters. The average Bonchev–Trinajstić information content (AvgIpc) is 2.45. The number of benzene rings is 1. The predicted molar refractivity (Wildman–Crippen MR) is 91.8 cm³/mol. The Hall–Kier alpha value is -1.33. The van der Waals surface area contributed by atoms with Crippen molar-refractivity contribution in [1.29, 1.82) is 0 Å². The van der Waals surface area contributed by atoms with Crippen molar-refractivity contribution in [2.75, 3.05) is 6.54 Å². The molecule has 0 aliphatic carbocycles. The minimum Gasteiger partial charge on any atom is -0.486 e. The van der Waals surface area contributed by atoms with E-state index in [1.165, 1.54) is 12.1 Å². The van der Waals surface area contributed by atoms with Gasteiger partial charge in [0.15, 0.2) is 17.3 Å². The topological polar surface area (TPSA) is 38.3 Å². The predicted octanol–water partition coefficient (Wildman–Crippen LogP) is 3.70. The van der Waals surface area contributed by atoms with Gasteiger partial charge in [-0.3, -0.25) is 4.79 Å². The summed E-state index contributed by atoms with van der Waals surface area (Å²) >= 11 is 4.22. The highest BCUT2D eigenvalue weighted by molar-refractivity contribution is 7.80. The highest BCUT2D eigenvalue weighted by Gasteiger charge is 2.10. The van der Waals surface area contributed by atoms with Gasteiger partial charge in [-0.05, 0) is 37.6 Å². The molecule has 0 aromatic heterocycles. The summed E-state index contributed by atoms with van der Waals surface area (Å²) in [5, 5.41) is 3.16. The minimum atomic E-state index is -0.418. The fraction of sp³-hybridized carbons (Fsp3) is 0.471. The number of hydrogen-bond acceptors (Lipinski definition) is 4. The van der Waals surface area contributed by atoms with Crippen molar-refractivity contribution in [3.05, 3.63) is 35.7 Å². The van der Waals surface area contributed by atoms with Crippen LogP contribution in [0.4, 0.5) is 4.39 Å². The maximum Gasteiger partial charge on any atom is 0.165 e. The lowest BCUT2D eigenvalue weighted by molar-refractivity contribution is -0.117. The van der Waals surface area contributed by atoms with Gasteiger partial charge in [0.2, 0.25) is 0 Å². The zero-order valence-electron chi connectivity index (χ0n) is 13.5. The van der Waals surface area contributed by atoms with Crippen LogP contribution < -0.4 is 10.1 Å². The van der Waals surface area contributed by atoms with Crippen LogP contribution in [0.5, 0.6) is 5.75 Å². The first-order chi connectivity index (χ1) is 10.3. The molecule has 0 spiro atoms. The van der Waals surface area contributed by atoms with Gasteiger partial charge in [0.05, 0.1) is 0 Å². The lowest BCUT2D eigenvalue weighted by Gasteiger charge is -2.17. The van der Waals surface area contributed by atoms with E-state index in [0.717, 1.165) is 5.56 Å². The van der Waals surface area contributed by atoms with E-state index < -0.39 is 5.82 Å². The van der Waals surface area contributed by atoms with E-state index in [1.54, 1.807) is 18.2 Å². The monoisotopic (exact) mass is 325 g/mol. The Balaban J connectivity index is 2.75. The van der Waals surface area contributed by atoms with Crippen molar-refractivity contribution < 1.29 is 13.9 Å². The minimum absolute atomic E-state index is 0.0344. The fourth-order valence-electron chi connectivity index (χ4n) is 1.68. The molecule has 0 fully saturated rings. The van der Waals surface area contributed by atoms with Crippen molar-refractivity contribution in [2.24, 2.45) is 5.92 Å². The van der Waals surface area contributed by atoms with Crippen molar-refractivity contribution >= 4 is 24.5 Å². The molecule has 3 nitrogen and oxygen atoms in total. The standard InChI is InChI=1S/C17H24FNO2S/c1-11(2)16(20)8-6-14-5-7-15(18)17(9-14)21-12(3)10-19-13(4)22/h5-9,11-13,19,22H,10H2,1-4H3/b8-6+/t12-,13?/m1/s1. The first kappa shape index (κ1) is 18.7. The quantitative estimate of drug-likeness (QED) is 0.435. The smallest absolute Gasteiger partial charge is 0.165 e. The number of thiol groups is 1. The van der Waals surface area contributed by atoms with Gasteiger partial charge in [0.1, 0.15) is 6.10 Å². The maximum atomic E-state index is 13.8. The third kappa shape index (κ3) is 6.62. The van der Waals surface area contributed by atoms with Crippen LogP contribution in [0, 0.1) is 11.7 Å². The van der Waals surface area contributed by atoms with Crippen LogP contribution in [0.3, 0.4) is 0 Å². The molecular weight excluding hydrogens is 301 g/mol. The van der Waals surface area contributed by atoms with Crippen molar-refractivity contribution in [1.82, 2.24) is 5.32 Å². The highest BCUT2D eigenvalue weighted by Crippen LogP contribution is 2.21. The molecule has 0 heterocycles. The summed E-state index contributed by atoms with van der Waals surface area (Å²) in [6.07, 6.45) is 2.99. The van der Waals surface area contributed by atoms with E-state index in [2.05, 4.69) is 17.9 Å². The molecular formula is C17H24FNO2S. The lowest BCUT2D eigenvalue weighted by Crippen LogP contribution is -2.32. The number of allylic oxidation sites excluding steroid dienone is 1. The number of hydrogen-bond donors (Lipinski definition) is 2. The van der Waals surface area contributed by atoms with Gasteiger partial charge in [0, 0.05) is 17.8 Å². The Morgan fingerprint density at radius 3 is 2.64 bits per heavy atom. The van der Waals surface area contributed by atoms with E-state index in [1.807, 2.05) is 27.7 Å². The molecule has 1 aromatic carbocycles. The zero-order valence-corrected chi connectivity index (χ0v) is 14.4. The Morgan fingerprint density at radius 2 is 2.05 bits per heavy atom. The molecule has 0 bridgehead atoms. The lowest BCUT2D eigenvalue weighted by atomic mass is 10.1. The highest BCUT2D eigenvalue weighted by atomic mass is 32.1. The summed E-state index contributed by atoms with van der Waals surface area (Å²) in [4.78, 5) is 11.6. The maximum absolute atomic E-state index is 13.8. The molecule has 0 amide bonds. The molecule has 2 atom stereocenters. The number of ketones is 1. The number of rotatable bonds is 8. The third-order valence-corrected chi connectivity index (χ3v) is 3.18. The Bertz CT molecular complexity index is 529. The van der Waals surface area contributed by atoms with Crippen LogP contribution in [0.15, 0.2) is 24.3 Å². The number of carbonyl (C=O) groups excluding carboxylic acids is 1. The molecule has 1 aromatic rings. The molecule has 0 radical (unpaired) electrons. The van der Waals surface area contributed by atoms with E-state index in [9.17, 15) is 9.18 Å². The van der Waals surface area contributed by atoms with Gasteiger partial charge in [-0.25, -0.2) is 4.39 Å². The number of ether oxygens (including phenoxy) is 1. The summed E-state index contributed by atoms with van der Waals surface area (Å²) in [5.74, 6) is -0.257. The summed E-state index contributed by atoms with van der Waals surface area (Å²) in [6, 6.07) is 4.56. The van der Waals surface area contributed by atoms with Crippen LogP contribution in [0.1, 0.15) is 33.3 Å². The normalized spacial score (nSPS) is 14.3. The van der Waals surface area contributed by atoms with E-state index in [0.29, 0.717) is 6.54 Å². The first-order valence-electron chi connectivity index (χ1n) is 7.39. The van der Waals surface area contributed by atoms with Crippen LogP contribution in [0.25, 0.3) is 6.08 Å². The molecule has 0 aliphatic rings. The van der Waals surface area contributed by atoms with Crippen LogP contribution >= 0.6 is 12.6 Å². The molecule has 0 saturated heterocycles. The molecule has 22 heavy (non-hydrogen) atoms. The largest absolute Gasteiger partial charge is 0.486 e. The van der Waals surface area contributed by atoms with Crippen LogP contribution in [0.2, 0.25) is 0 Å². The third-order valence-electron chi connectivity index (χ3n) is 2.99. The Labute approximate surface area is 137 Å². The molecule has 0 saturated carbocycles. The van der Waals surface area contributed by atoms with Gasteiger partial charge in [0.25, 0.3) is 0 Å². The van der Waals surface area contributed by atoms with Gasteiger partial charge in [-0.1, -0.05) is 26.0 Å². The number of carbonyl (C=O) groups is 1. The second-order valence-corrected chi connectivity index (χ2v) is 6.37. The molecule has 1 rings (SSSR count). The van der Waals surface area contributed by atoms with Crippen molar-refractivity contribution in [2.45, 2.75) is 39.2 Å². The fourth-order valence-corrected chi connectivity index (χ4v) is 1.79. The summed E-state index contributed by atoms with van der Waals surface area (Å²) in [5.41, 5.74) is 0.730. The average molecular weight is 325 g/mol. The van der Waals surface area contributed by atoms with Gasteiger partial charge < -0.3 is 10.1 Å².